The van der Waals surface area contributed by atoms with Crippen LogP contribution >= 0.6 is 23.2 Å². The summed E-state index contributed by atoms with van der Waals surface area (Å²) in [7, 11) is 0. The van der Waals surface area contributed by atoms with E-state index in [0.29, 0.717) is 5.75 Å². The first-order valence-corrected chi connectivity index (χ1v) is 7.30. The fourth-order valence-corrected chi connectivity index (χ4v) is 1.69. The van der Waals surface area contributed by atoms with Crippen LogP contribution < -0.4 is 15.4 Å². The van der Waals surface area contributed by atoms with Gasteiger partial charge in [0.1, 0.15) is 5.75 Å². The fourth-order valence-electron chi connectivity index (χ4n) is 1.54. The molecule has 5 nitrogen and oxygen atoms in total. The van der Waals surface area contributed by atoms with E-state index in [2.05, 4.69) is 10.6 Å². The highest BCUT2D eigenvalue weighted by Crippen LogP contribution is 2.20. The van der Waals surface area contributed by atoms with Gasteiger partial charge in [-0.25, -0.2) is 0 Å². The smallest absolute Gasteiger partial charge is 0.258 e. The second-order valence-corrected chi connectivity index (χ2v) is 5.52. The molecule has 0 unspecified atom stereocenters. The zero-order valence-electron chi connectivity index (χ0n) is 11.9. The lowest BCUT2D eigenvalue weighted by atomic mass is 10.1. The Morgan fingerprint density at radius 1 is 1.19 bits per heavy atom. The van der Waals surface area contributed by atoms with E-state index < -0.39 is 10.7 Å². The second kappa shape index (κ2) is 8.74. The van der Waals surface area contributed by atoms with Crippen molar-refractivity contribution in [1.29, 1.82) is 0 Å². The van der Waals surface area contributed by atoms with E-state index >= 15 is 0 Å². The van der Waals surface area contributed by atoms with Gasteiger partial charge in [0.05, 0.1) is 0 Å². The Morgan fingerprint density at radius 3 is 2.52 bits per heavy atom. The Bertz CT molecular complexity index is 507. The largest absolute Gasteiger partial charge is 0.483 e. The van der Waals surface area contributed by atoms with Gasteiger partial charge < -0.3 is 15.4 Å². The van der Waals surface area contributed by atoms with Crippen molar-refractivity contribution < 1.29 is 14.3 Å². The molecule has 0 aromatic heterocycles. The minimum atomic E-state index is -1.10. The molecule has 21 heavy (non-hydrogen) atoms. The number of ether oxygens (including phenoxy) is 1. The molecule has 0 spiro atoms. The first kappa shape index (κ1) is 17.6. The van der Waals surface area contributed by atoms with Gasteiger partial charge in [0.2, 0.25) is 0 Å². The average molecular weight is 333 g/mol. The van der Waals surface area contributed by atoms with Crippen LogP contribution in [0.25, 0.3) is 0 Å². The third-order valence-corrected chi connectivity index (χ3v) is 3.25. The molecule has 0 bridgehead atoms. The summed E-state index contributed by atoms with van der Waals surface area (Å²) >= 11 is 10.7. The van der Waals surface area contributed by atoms with Gasteiger partial charge in [0.25, 0.3) is 11.8 Å². The summed E-state index contributed by atoms with van der Waals surface area (Å²) in [6.07, 6.45) is 0. The number of nitrogens with one attached hydrogen (secondary N) is 2. The van der Waals surface area contributed by atoms with Crippen LogP contribution in [0.1, 0.15) is 11.1 Å². The van der Waals surface area contributed by atoms with Gasteiger partial charge in [-0.15, -0.1) is 0 Å². The molecule has 0 aliphatic heterocycles. The molecule has 0 atom stereocenters. The van der Waals surface area contributed by atoms with Gasteiger partial charge >= 0.3 is 0 Å². The van der Waals surface area contributed by atoms with Gasteiger partial charge in [-0.05, 0) is 31.0 Å². The molecule has 0 heterocycles. The predicted molar refractivity (Wildman–Crippen MR) is 82.9 cm³/mol. The van der Waals surface area contributed by atoms with Crippen molar-refractivity contribution in [2.45, 2.75) is 18.7 Å². The molecule has 2 N–H and O–H groups in total. The quantitative estimate of drug-likeness (QED) is 0.590. The van der Waals surface area contributed by atoms with Crippen molar-refractivity contribution >= 4 is 35.0 Å². The second-order valence-electron chi connectivity index (χ2n) is 4.43. The number of halogens is 2. The number of amides is 2. The first-order valence-electron chi connectivity index (χ1n) is 6.43. The van der Waals surface area contributed by atoms with Gasteiger partial charge in [-0.1, -0.05) is 35.3 Å². The molecule has 1 aromatic carbocycles. The van der Waals surface area contributed by atoms with Crippen molar-refractivity contribution in [2.24, 2.45) is 0 Å². The SMILES string of the molecule is Cc1cccc(OCC(=O)NCCNC(=O)C(Cl)Cl)c1C. The standard InChI is InChI=1S/C14H18Cl2N2O3/c1-9-4-3-5-11(10(9)2)21-8-12(19)17-6-7-18-14(20)13(15)16/h3-5,13H,6-8H2,1-2H3,(H,17,19)(H,18,20). The number of benzene rings is 1. The van der Waals surface area contributed by atoms with Crippen LogP contribution in [0.5, 0.6) is 5.75 Å². The molecule has 2 amide bonds. The van der Waals surface area contributed by atoms with Crippen molar-refractivity contribution in [3.8, 4) is 5.75 Å². The molecule has 116 valence electrons. The molecule has 1 aromatic rings. The average Bonchev–Trinajstić information content (AvgIpc) is 2.44. The maximum absolute atomic E-state index is 11.6. The minimum absolute atomic E-state index is 0.0775. The van der Waals surface area contributed by atoms with E-state index in [1.165, 1.54) is 0 Å². The molecular formula is C14H18Cl2N2O3. The lowest BCUT2D eigenvalue weighted by Gasteiger charge is -2.11. The number of hydrogen-bond acceptors (Lipinski definition) is 3. The highest BCUT2D eigenvalue weighted by molar-refractivity contribution is 6.53. The van der Waals surface area contributed by atoms with E-state index in [4.69, 9.17) is 27.9 Å². The van der Waals surface area contributed by atoms with Gasteiger partial charge in [0.15, 0.2) is 11.4 Å². The molecule has 0 aliphatic rings. The maximum Gasteiger partial charge on any atom is 0.258 e. The lowest BCUT2D eigenvalue weighted by molar-refractivity contribution is -0.123. The highest BCUT2D eigenvalue weighted by atomic mass is 35.5. The number of rotatable bonds is 7. The van der Waals surface area contributed by atoms with Crippen LogP contribution in [0.2, 0.25) is 0 Å². The Morgan fingerprint density at radius 2 is 1.86 bits per heavy atom. The molecule has 0 saturated heterocycles. The molecule has 0 fully saturated rings. The van der Waals surface area contributed by atoms with Gasteiger partial charge in [-0.2, -0.15) is 0 Å². The molecule has 0 saturated carbocycles. The third-order valence-electron chi connectivity index (χ3n) is 2.86. The van der Waals surface area contributed by atoms with Crippen molar-refractivity contribution in [1.82, 2.24) is 10.6 Å². The Labute approximate surface area is 133 Å². The van der Waals surface area contributed by atoms with Crippen LogP contribution in [0.4, 0.5) is 0 Å². The predicted octanol–water partition coefficient (Wildman–Crippen LogP) is 1.72. The Hall–Kier alpha value is -1.46. The summed E-state index contributed by atoms with van der Waals surface area (Å²) in [5, 5.41) is 5.09. The Kier molecular flexibility index (Phi) is 7.32. The monoisotopic (exact) mass is 332 g/mol. The number of carbonyl (C=O) groups is 2. The lowest BCUT2D eigenvalue weighted by Crippen LogP contribution is -2.38. The van der Waals surface area contributed by atoms with Crippen LogP contribution in [-0.4, -0.2) is 36.3 Å². The normalized spacial score (nSPS) is 10.3. The summed E-state index contributed by atoms with van der Waals surface area (Å²) in [6.45, 7) is 4.37. The van der Waals surface area contributed by atoms with E-state index in [0.717, 1.165) is 11.1 Å². The zero-order valence-corrected chi connectivity index (χ0v) is 13.4. The Balaban J connectivity index is 2.26. The number of carbonyl (C=O) groups excluding carboxylic acids is 2. The third kappa shape index (κ3) is 6.23. The molecule has 7 heteroatoms. The van der Waals surface area contributed by atoms with Crippen LogP contribution in [0, 0.1) is 13.8 Å². The summed E-state index contributed by atoms with van der Waals surface area (Å²) in [6, 6.07) is 5.67. The summed E-state index contributed by atoms with van der Waals surface area (Å²) in [4.78, 5) is 21.5. The highest BCUT2D eigenvalue weighted by Gasteiger charge is 2.10. The number of hydrogen-bond donors (Lipinski definition) is 2. The molecular weight excluding hydrogens is 315 g/mol. The molecule has 0 radical (unpaired) electrons. The van der Waals surface area contributed by atoms with E-state index in [9.17, 15) is 9.59 Å². The van der Waals surface area contributed by atoms with Crippen LogP contribution in [-0.2, 0) is 9.59 Å². The van der Waals surface area contributed by atoms with Crippen LogP contribution in [0.3, 0.4) is 0 Å². The maximum atomic E-state index is 11.6. The first-order chi connectivity index (χ1) is 9.91. The summed E-state index contributed by atoms with van der Waals surface area (Å²) < 4.78 is 5.45. The fraction of sp³-hybridized carbons (Fsp3) is 0.429. The van der Waals surface area contributed by atoms with E-state index in [1.807, 2.05) is 32.0 Å². The van der Waals surface area contributed by atoms with Crippen molar-refractivity contribution in [2.75, 3.05) is 19.7 Å². The van der Waals surface area contributed by atoms with E-state index in [1.54, 1.807) is 0 Å². The summed E-state index contributed by atoms with van der Waals surface area (Å²) in [5.74, 6) is -0.0664. The van der Waals surface area contributed by atoms with Crippen LogP contribution in [0.15, 0.2) is 18.2 Å². The topological polar surface area (TPSA) is 67.4 Å². The summed E-state index contributed by atoms with van der Waals surface area (Å²) in [5.41, 5.74) is 2.11. The molecule has 1 rings (SSSR count). The zero-order chi connectivity index (χ0) is 15.8. The van der Waals surface area contributed by atoms with Gasteiger partial charge in [0, 0.05) is 13.1 Å². The number of alkyl halides is 2. The van der Waals surface area contributed by atoms with Crippen molar-refractivity contribution in [3.63, 3.8) is 0 Å². The van der Waals surface area contributed by atoms with Crippen molar-refractivity contribution in [3.05, 3.63) is 29.3 Å². The van der Waals surface area contributed by atoms with E-state index in [-0.39, 0.29) is 25.6 Å². The number of aryl methyl sites for hydroxylation is 1. The van der Waals surface area contributed by atoms with Gasteiger partial charge in [-0.3, -0.25) is 9.59 Å². The minimum Gasteiger partial charge on any atom is -0.483 e. The molecule has 0 aliphatic carbocycles.